The highest BCUT2D eigenvalue weighted by Gasteiger charge is 2.38. The number of aryl methyl sites for hydroxylation is 1. The fourth-order valence-corrected chi connectivity index (χ4v) is 6.13. The maximum atomic E-state index is 13.3. The number of fused-ring (bicyclic) bond motifs is 4. The quantitative estimate of drug-likeness (QED) is 0.669. The lowest BCUT2D eigenvalue weighted by Crippen LogP contribution is -2.45. The maximum absolute atomic E-state index is 13.3. The second-order valence-electron chi connectivity index (χ2n) is 11.0. The number of hydrogen-bond donors (Lipinski definition) is 1. The lowest BCUT2D eigenvalue weighted by atomic mass is 9.94. The van der Waals surface area contributed by atoms with Crippen LogP contribution in [0.2, 0.25) is 0 Å². The van der Waals surface area contributed by atoms with Crippen molar-refractivity contribution in [3.05, 3.63) is 47.8 Å². The van der Waals surface area contributed by atoms with Gasteiger partial charge in [0.1, 0.15) is 5.75 Å². The Kier molecular flexibility index (Phi) is 8.44. The van der Waals surface area contributed by atoms with Crippen molar-refractivity contribution in [3.8, 4) is 5.75 Å². The molecule has 1 aromatic carbocycles. The molecule has 2 amide bonds. The molecule has 8 nitrogen and oxygen atoms in total. The second-order valence-corrected chi connectivity index (χ2v) is 11.0. The maximum Gasteiger partial charge on any atom is 0.234 e. The molecule has 37 heavy (non-hydrogen) atoms. The Morgan fingerprint density at radius 1 is 1.16 bits per heavy atom. The molecule has 3 aliphatic rings. The third-order valence-electron chi connectivity index (χ3n) is 8.16. The number of amides is 2. The summed E-state index contributed by atoms with van der Waals surface area (Å²) in [5.74, 6) is 1.68. The molecule has 1 N–H and O–H groups in total. The molecule has 1 saturated carbocycles. The fraction of sp³-hybridized carbons (Fsp3) is 0.621. The van der Waals surface area contributed by atoms with Crippen molar-refractivity contribution in [2.45, 2.75) is 76.9 Å². The van der Waals surface area contributed by atoms with E-state index in [4.69, 9.17) is 4.74 Å². The van der Waals surface area contributed by atoms with Gasteiger partial charge in [0.05, 0.1) is 25.4 Å². The van der Waals surface area contributed by atoms with E-state index >= 15 is 0 Å². The summed E-state index contributed by atoms with van der Waals surface area (Å²) in [6.07, 6.45) is 11.3. The first-order valence-electron chi connectivity index (χ1n) is 14.1. The van der Waals surface area contributed by atoms with E-state index in [0.717, 1.165) is 55.6 Å². The zero-order valence-corrected chi connectivity index (χ0v) is 22.1. The molecule has 0 unspecified atom stereocenters. The van der Waals surface area contributed by atoms with Crippen LogP contribution in [0, 0.1) is 5.92 Å². The topological polar surface area (TPSA) is 79.7 Å². The summed E-state index contributed by atoms with van der Waals surface area (Å²) in [7, 11) is 0. The van der Waals surface area contributed by atoms with Gasteiger partial charge in [-0.05, 0) is 62.8 Å². The SMILES string of the molecule is CCn1cc(CN2CCCCOc3cccc(c3)[C@H]3CN(C(=O)CC4CCCC4)C[C@@H]3NC(=O)C2)cn1. The van der Waals surface area contributed by atoms with Crippen molar-refractivity contribution in [2.24, 2.45) is 5.92 Å². The first-order valence-corrected chi connectivity index (χ1v) is 14.1. The number of benzene rings is 1. The van der Waals surface area contributed by atoms with Gasteiger partial charge < -0.3 is 15.0 Å². The molecule has 5 rings (SSSR count). The van der Waals surface area contributed by atoms with Crippen LogP contribution < -0.4 is 10.1 Å². The van der Waals surface area contributed by atoms with E-state index < -0.39 is 0 Å². The molecule has 0 radical (unpaired) electrons. The van der Waals surface area contributed by atoms with Crippen LogP contribution in [0.5, 0.6) is 5.75 Å². The van der Waals surface area contributed by atoms with E-state index in [0.29, 0.717) is 45.1 Å². The highest BCUT2D eigenvalue weighted by Crippen LogP contribution is 2.33. The summed E-state index contributed by atoms with van der Waals surface area (Å²) in [4.78, 5) is 30.7. The van der Waals surface area contributed by atoms with Crippen LogP contribution in [0.3, 0.4) is 0 Å². The third kappa shape index (κ3) is 6.72. The van der Waals surface area contributed by atoms with Gasteiger partial charge in [0.2, 0.25) is 11.8 Å². The summed E-state index contributed by atoms with van der Waals surface area (Å²) in [5.41, 5.74) is 2.24. The number of carbonyl (C=O) groups excluding carboxylic acids is 2. The molecular weight excluding hydrogens is 466 g/mol. The van der Waals surface area contributed by atoms with E-state index in [-0.39, 0.29) is 23.8 Å². The van der Waals surface area contributed by atoms with Crippen molar-refractivity contribution >= 4 is 11.8 Å². The van der Waals surface area contributed by atoms with Gasteiger partial charge in [-0.15, -0.1) is 0 Å². The Labute approximate surface area is 220 Å². The highest BCUT2D eigenvalue weighted by molar-refractivity contribution is 5.80. The van der Waals surface area contributed by atoms with Gasteiger partial charge >= 0.3 is 0 Å². The van der Waals surface area contributed by atoms with Crippen molar-refractivity contribution in [2.75, 3.05) is 32.8 Å². The molecule has 1 saturated heterocycles. The van der Waals surface area contributed by atoms with Crippen LogP contribution in [0.25, 0.3) is 0 Å². The summed E-state index contributed by atoms with van der Waals surface area (Å²) in [5, 5.41) is 7.71. The van der Waals surface area contributed by atoms with Crippen LogP contribution in [0.4, 0.5) is 0 Å². The standard InChI is InChI=1S/C29H41N5O3/c1-2-34-18-23(16-30-34)17-32-12-5-6-13-37-25-11-7-10-24(15-25)26-19-33(20-27(26)31-28(35)21-32)29(36)14-22-8-3-4-9-22/h7,10-11,15-16,18,22,26-27H,2-6,8-9,12-14,17,19-21H2,1H3,(H,31,35)/t26-,27+/m1/s1. The molecule has 3 heterocycles. The summed E-state index contributed by atoms with van der Waals surface area (Å²) < 4.78 is 8.01. The van der Waals surface area contributed by atoms with E-state index in [1.807, 2.05) is 27.9 Å². The number of nitrogens with zero attached hydrogens (tertiary/aromatic N) is 4. The van der Waals surface area contributed by atoms with E-state index in [9.17, 15) is 9.59 Å². The molecule has 2 aliphatic heterocycles. The molecule has 1 aromatic heterocycles. The van der Waals surface area contributed by atoms with Gasteiger partial charge in [0.15, 0.2) is 0 Å². The second kappa shape index (κ2) is 12.1. The largest absolute Gasteiger partial charge is 0.494 e. The summed E-state index contributed by atoms with van der Waals surface area (Å²) >= 11 is 0. The van der Waals surface area contributed by atoms with Gasteiger partial charge in [0.25, 0.3) is 0 Å². The monoisotopic (exact) mass is 507 g/mol. The highest BCUT2D eigenvalue weighted by atomic mass is 16.5. The van der Waals surface area contributed by atoms with Crippen LogP contribution in [-0.2, 0) is 22.7 Å². The van der Waals surface area contributed by atoms with Gasteiger partial charge in [-0.2, -0.15) is 5.10 Å². The normalized spacial score (nSPS) is 23.8. The van der Waals surface area contributed by atoms with Crippen LogP contribution in [0.1, 0.15) is 68.9 Å². The van der Waals surface area contributed by atoms with Gasteiger partial charge in [-0.3, -0.25) is 19.2 Å². The average molecular weight is 508 g/mol. The van der Waals surface area contributed by atoms with Gasteiger partial charge in [-0.25, -0.2) is 0 Å². The van der Waals surface area contributed by atoms with Crippen LogP contribution >= 0.6 is 0 Å². The number of rotatable bonds is 5. The molecular formula is C29H41N5O3. The Morgan fingerprint density at radius 3 is 2.84 bits per heavy atom. The predicted octanol–water partition coefficient (Wildman–Crippen LogP) is 3.57. The zero-order chi connectivity index (χ0) is 25.6. The molecule has 8 heteroatoms. The van der Waals surface area contributed by atoms with Gasteiger partial charge in [-0.1, -0.05) is 25.0 Å². The number of hydrogen-bond acceptors (Lipinski definition) is 5. The van der Waals surface area contributed by atoms with E-state index in [1.165, 1.54) is 12.8 Å². The Morgan fingerprint density at radius 2 is 2.03 bits per heavy atom. The molecule has 2 aromatic rings. The van der Waals surface area contributed by atoms with Crippen molar-refractivity contribution < 1.29 is 14.3 Å². The predicted molar refractivity (Wildman–Crippen MR) is 142 cm³/mol. The Balaban J connectivity index is 1.32. The number of aromatic nitrogens is 2. The Hall–Kier alpha value is -2.87. The van der Waals surface area contributed by atoms with Crippen molar-refractivity contribution in [3.63, 3.8) is 0 Å². The van der Waals surface area contributed by atoms with Crippen LogP contribution in [0.15, 0.2) is 36.7 Å². The van der Waals surface area contributed by atoms with Crippen molar-refractivity contribution in [1.82, 2.24) is 24.9 Å². The Bertz CT molecular complexity index is 1060. The average Bonchev–Trinajstić information content (AvgIpc) is 3.65. The zero-order valence-electron chi connectivity index (χ0n) is 22.1. The lowest BCUT2D eigenvalue weighted by molar-refractivity contribution is -0.131. The van der Waals surface area contributed by atoms with E-state index in [1.54, 1.807) is 0 Å². The molecule has 200 valence electrons. The van der Waals surface area contributed by atoms with E-state index in [2.05, 4.69) is 40.6 Å². The molecule has 1 aliphatic carbocycles. The molecule has 2 atom stereocenters. The number of ether oxygens (including phenoxy) is 1. The fourth-order valence-electron chi connectivity index (χ4n) is 6.13. The molecule has 2 bridgehead atoms. The van der Waals surface area contributed by atoms with Gasteiger partial charge in [0, 0.05) is 50.3 Å². The smallest absolute Gasteiger partial charge is 0.234 e. The minimum Gasteiger partial charge on any atom is -0.494 e. The number of likely N-dealkylation sites (tertiary alicyclic amines) is 1. The molecule has 0 spiro atoms. The third-order valence-corrected chi connectivity index (χ3v) is 8.16. The minimum atomic E-state index is -0.108. The first kappa shape index (κ1) is 25.8. The number of carbonyl (C=O) groups is 2. The summed E-state index contributed by atoms with van der Waals surface area (Å²) in [6.45, 7) is 6.59. The number of nitrogens with one attached hydrogen (secondary N) is 1. The minimum absolute atomic E-state index is 0.0208. The van der Waals surface area contributed by atoms with Crippen LogP contribution in [-0.4, -0.2) is 70.2 Å². The first-order chi connectivity index (χ1) is 18.1. The van der Waals surface area contributed by atoms with Crippen molar-refractivity contribution in [1.29, 1.82) is 0 Å². The molecule has 2 fully saturated rings. The summed E-state index contributed by atoms with van der Waals surface area (Å²) in [6, 6.07) is 8.11. The lowest BCUT2D eigenvalue weighted by Gasteiger charge is -2.25.